The van der Waals surface area contributed by atoms with E-state index in [9.17, 15) is 49.5 Å². The Morgan fingerprint density at radius 3 is 2.23 bits per heavy atom. The van der Waals surface area contributed by atoms with Crippen LogP contribution in [0.25, 0.3) is 0 Å². The molecule has 4 heterocycles. The van der Waals surface area contributed by atoms with Crippen LogP contribution < -0.4 is 47.3 Å². The third-order valence-electron chi connectivity index (χ3n) is 17.9. The van der Waals surface area contributed by atoms with Crippen LogP contribution in [0.1, 0.15) is 97.0 Å². The number of halogens is 1. The average Bonchev–Trinajstić information content (AvgIpc) is 1.75. The minimum absolute atomic E-state index is 0.00253. The summed E-state index contributed by atoms with van der Waals surface area (Å²) in [5, 5.41) is 63.1. The van der Waals surface area contributed by atoms with E-state index in [-0.39, 0.29) is 103 Å². The molecule has 6 rings (SSSR count). The van der Waals surface area contributed by atoms with Crippen molar-refractivity contribution in [2.24, 2.45) is 11.6 Å². The summed E-state index contributed by atoms with van der Waals surface area (Å²) in [6.45, 7) is 18.2. The number of allylic oxidation sites excluding steroid dienone is 4. The molecule has 19 atom stereocenters. The fourth-order valence-corrected chi connectivity index (χ4v) is 16.5. The second-order valence-electron chi connectivity index (χ2n) is 25.8. The number of benzene rings is 1. The summed E-state index contributed by atoms with van der Waals surface area (Å²) in [6, 6.07) is -1.58. The van der Waals surface area contributed by atoms with Crippen molar-refractivity contribution in [3.8, 4) is 29.1 Å². The van der Waals surface area contributed by atoms with E-state index in [0.717, 1.165) is 18.9 Å². The van der Waals surface area contributed by atoms with Gasteiger partial charge in [-0.15, -0.1) is 0 Å². The van der Waals surface area contributed by atoms with Gasteiger partial charge in [-0.3, -0.25) is 39.7 Å². The van der Waals surface area contributed by atoms with Crippen molar-refractivity contribution in [2.45, 2.75) is 208 Å². The molecule has 1 aliphatic carbocycles. The molecular weight excluding hydrogens is 1550 g/mol. The number of hydrogen-bond acceptors (Lipinski definition) is 32. The van der Waals surface area contributed by atoms with E-state index in [1.54, 1.807) is 59.8 Å². The maximum atomic E-state index is 14.6. The van der Waals surface area contributed by atoms with Crippen molar-refractivity contribution in [3.05, 3.63) is 61.9 Å². The number of Topliss-reactive ketones (excluding diaryl/α,β-unsaturated/α-hetero) is 1. The Morgan fingerprint density at radius 1 is 0.886 bits per heavy atom. The predicted octanol–water partition coefficient (Wildman–Crippen LogP) is 2.48. The molecule has 0 aromatic heterocycles. The molecule has 0 bridgehead atoms. The Labute approximate surface area is 639 Å². The first-order chi connectivity index (χ1) is 50.0. The van der Waals surface area contributed by atoms with E-state index in [1.165, 1.54) is 62.2 Å². The van der Waals surface area contributed by atoms with Gasteiger partial charge in [0.1, 0.15) is 36.1 Å². The largest absolute Gasteiger partial charge is 0.492 e. The zero-order chi connectivity index (χ0) is 77.5. The summed E-state index contributed by atoms with van der Waals surface area (Å²) in [6.07, 6.45) is -11.0. The summed E-state index contributed by atoms with van der Waals surface area (Å²) in [7, 11) is 9.45. The number of aliphatic hydroxyl groups is 5. The van der Waals surface area contributed by atoms with Gasteiger partial charge in [-0.1, -0.05) is 64.3 Å². The Bertz CT molecular complexity index is 3230. The van der Waals surface area contributed by atoms with E-state index in [0.29, 0.717) is 42.0 Å². The maximum Gasteiger partial charge on any atom is 0.411 e. The number of alkyl carbamates (subject to hydrolysis) is 1. The van der Waals surface area contributed by atoms with Crippen LogP contribution in [0.5, 0.6) is 17.2 Å². The highest BCUT2D eigenvalue weighted by atomic mass is 127. The lowest BCUT2D eigenvalue weighted by Crippen LogP contribution is -2.65. The zero-order valence-electron chi connectivity index (χ0n) is 61.8. The van der Waals surface area contributed by atoms with Gasteiger partial charge in [0.05, 0.1) is 130 Å². The number of hydrogen-bond donors (Lipinski definition) is 11. The molecule has 4 fully saturated rings. The number of methoxy groups -OCH3 is 5. The Morgan fingerprint density at radius 2 is 1.59 bits per heavy atom. The van der Waals surface area contributed by atoms with E-state index in [1.807, 2.05) is 48.3 Å². The second-order valence-corrected chi connectivity index (χ2v) is 31.1. The molecule has 13 N–H and O–H groups in total. The highest BCUT2D eigenvalue weighted by Gasteiger charge is 2.51. The lowest BCUT2D eigenvalue weighted by atomic mass is 9.84. The minimum Gasteiger partial charge on any atom is -0.492 e. The molecule has 0 saturated carbocycles. The maximum absolute atomic E-state index is 14.6. The Balaban J connectivity index is 1.27. The number of nitrogens with two attached hydrogens (primary N) is 2. The SMILES string of the molecule is C/C=C\C#C/C=C(/C(=C\CSSC(C)(C)CC(=O)NN)[C@]1(O)C=C(NC(=O)OC)C(=O)C1)[C@H](C)O[C@@H]1O[C@H](C)[C@@H](NO[C@H]2C[C@H](O)[C@H](SC(=O)c3c(C)c(I)c(O[C@@H]4O[C@@H](C)[C@H](O)[C@@H](OC)[C@H]4O)c(OC)c3OC)[C@@H](C)O2)[C@H](O)[C@H]1O[C@H]1C[C@H](OC)[C@@H](N(CC)CC(=O)NCCOCCOCCN)CO1. The molecule has 0 spiro atoms. The van der Waals surface area contributed by atoms with Crippen LogP contribution in [0.4, 0.5) is 4.79 Å². The van der Waals surface area contributed by atoms with Gasteiger partial charge in [-0.05, 0) is 119 Å². The zero-order valence-corrected chi connectivity index (χ0v) is 66.4. The monoisotopic (exact) mass is 1660 g/mol. The van der Waals surface area contributed by atoms with Gasteiger partial charge in [0.15, 0.2) is 36.2 Å². The molecular formula is C69H106IN7O25S3. The van der Waals surface area contributed by atoms with Gasteiger partial charge in [0, 0.05) is 63.5 Å². The number of nitrogens with one attached hydrogen (secondary N) is 4. The molecule has 0 radical (unpaired) electrons. The third kappa shape index (κ3) is 24.6. The number of nitrogens with zero attached hydrogens (tertiary/aromatic N) is 1. The fraction of sp³-hybridized carbons (Fsp3) is 0.696. The molecule has 105 heavy (non-hydrogen) atoms. The molecule has 0 unspecified atom stereocenters. The van der Waals surface area contributed by atoms with Crippen molar-refractivity contribution < 1.29 is 121 Å². The van der Waals surface area contributed by atoms with E-state index in [2.05, 4.69) is 33.4 Å². The number of rotatable bonds is 37. The van der Waals surface area contributed by atoms with Crippen LogP contribution >= 0.6 is 55.9 Å². The van der Waals surface area contributed by atoms with Crippen molar-refractivity contribution in [1.29, 1.82) is 0 Å². The standard InChI is InChI=1S/C69H106IN7O25S3/c1-15-17-18-19-20-41(42(21-28-103-105-68(8,9)33-48(80)75-72)69(87)31-43(46(79)32-69)74-67(86)92-14)37(4)97-66-61(100-50-30-47(88-10)44(35-95-50)77(16-2)34-49(81)73-23-25-94-27-26-93-24-22-71)56(83)54(38(5)98-66)76-102-51-29-45(78)63(40(7)96-51)104-64(85)52-36(3)53(70)59(62(91-13)58(52)89-11)101-65-57(84)60(90-12)55(82)39(6)99-65/h15,17,20-21,31,37-40,44-45,47,50-51,54-57,60-61,63,65-66,76,78,82-84,87H,16,22-30,32-35,71-72H2,1-14H3,(H,73,81)(H,74,86)(H,75,80)/b17-15-,41-20+,42-21+/t37-,38+,39-,40+,44-,45-,47-,50-,51-,54+,55-,56-,57+,60+,61+,63+,65-,66+,69-/m0/s1. The van der Waals surface area contributed by atoms with E-state index >= 15 is 0 Å². The minimum atomic E-state index is -2.09. The van der Waals surface area contributed by atoms with Crippen LogP contribution in [0.3, 0.4) is 0 Å². The van der Waals surface area contributed by atoms with Crippen LogP contribution in [0.15, 0.2) is 47.2 Å². The first-order valence-electron chi connectivity index (χ1n) is 34.4. The predicted molar refractivity (Wildman–Crippen MR) is 397 cm³/mol. The molecule has 592 valence electrons. The van der Waals surface area contributed by atoms with Crippen molar-refractivity contribution in [2.75, 3.05) is 101 Å². The molecule has 4 saturated heterocycles. The van der Waals surface area contributed by atoms with Gasteiger partial charge < -0.3 is 103 Å². The number of carbonyl (C=O) groups is 5. The molecule has 36 heteroatoms. The number of ketones is 1. The molecule has 1 aromatic carbocycles. The summed E-state index contributed by atoms with van der Waals surface area (Å²) < 4.78 is 83.8. The fourth-order valence-electron chi connectivity index (χ4n) is 12.4. The number of carbonyl (C=O) groups excluding carboxylic acids is 5. The number of aliphatic hydroxyl groups excluding tert-OH is 4. The topological polar surface area (TPSA) is 428 Å². The molecule has 3 amide bonds. The molecule has 32 nitrogen and oxygen atoms in total. The third-order valence-corrected chi connectivity index (χ3v) is 23.7. The summed E-state index contributed by atoms with van der Waals surface area (Å²) in [5.74, 6) is 10.4. The van der Waals surface area contributed by atoms with Crippen molar-refractivity contribution in [1.82, 2.24) is 26.4 Å². The number of ether oxygens (including phenoxy) is 14. The van der Waals surface area contributed by atoms with Crippen LogP contribution in [-0.4, -0.2) is 280 Å². The first-order valence-corrected chi connectivity index (χ1v) is 38.7. The van der Waals surface area contributed by atoms with Gasteiger partial charge in [-0.25, -0.2) is 10.6 Å². The van der Waals surface area contributed by atoms with E-state index < -0.39 is 143 Å². The number of hydroxylamine groups is 1. The van der Waals surface area contributed by atoms with Gasteiger partial charge in [-0.2, -0.15) is 5.48 Å². The Kier molecular flexibility index (Phi) is 36.9. The first kappa shape index (κ1) is 89.6. The van der Waals surface area contributed by atoms with E-state index in [4.69, 9.17) is 82.7 Å². The summed E-state index contributed by atoms with van der Waals surface area (Å²) in [5.41, 5.74) is 9.18. The van der Waals surface area contributed by atoms with Gasteiger partial charge >= 0.3 is 6.09 Å². The van der Waals surface area contributed by atoms with Crippen LogP contribution in [0, 0.1) is 22.3 Å². The summed E-state index contributed by atoms with van der Waals surface area (Å²) >= 11 is 2.80. The molecule has 1 aromatic rings. The smallest absolute Gasteiger partial charge is 0.411 e. The average molecular weight is 1660 g/mol. The van der Waals surface area contributed by atoms with Gasteiger partial charge in [0.25, 0.3) is 0 Å². The Hall–Kier alpha value is -4.33. The molecule has 5 aliphatic rings. The number of likely N-dealkylation sites (N-methyl/N-ethyl adjacent to an activating group) is 1. The number of hydrazine groups is 1. The lowest BCUT2D eigenvalue weighted by molar-refractivity contribution is -0.339. The highest BCUT2D eigenvalue weighted by Crippen LogP contribution is 2.49. The molecule has 4 aliphatic heterocycles. The van der Waals surface area contributed by atoms with Crippen LogP contribution in [0.2, 0.25) is 0 Å². The van der Waals surface area contributed by atoms with Crippen LogP contribution in [-0.2, 0) is 71.3 Å². The highest BCUT2D eigenvalue weighted by molar-refractivity contribution is 14.1. The number of amides is 3. The second kappa shape index (κ2) is 43.3. The number of thioether (sulfide) groups is 1. The summed E-state index contributed by atoms with van der Waals surface area (Å²) in [4.78, 5) is 74.6. The normalized spacial score (nSPS) is 30.0. The lowest BCUT2D eigenvalue weighted by Gasteiger charge is -2.47. The van der Waals surface area contributed by atoms with Crippen molar-refractivity contribution >= 4 is 84.7 Å². The quantitative estimate of drug-likeness (QED) is 0.00666. The van der Waals surface area contributed by atoms with Gasteiger partial charge in [0.2, 0.25) is 29.0 Å². The van der Waals surface area contributed by atoms with Crippen molar-refractivity contribution in [3.63, 3.8) is 0 Å².